The Bertz CT molecular complexity index is 679. The fourth-order valence-electron chi connectivity index (χ4n) is 6.70. The van der Waals surface area contributed by atoms with Crippen LogP contribution < -0.4 is 0 Å². The van der Waals surface area contributed by atoms with Crippen LogP contribution in [0.2, 0.25) is 0 Å². The molecule has 0 saturated carbocycles. The smallest absolute Gasteiger partial charge is 0.0195 e. The normalized spacial score (nSPS) is 34.2. The van der Waals surface area contributed by atoms with Gasteiger partial charge in [-0.25, -0.2) is 0 Å². The third kappa shape index (κ3) is 17.3. The highest BCUT2D eigenvalue weighted by atomic mass is 15.3. The molecule has 5 aliphatic rings. The number of hydrogen-bond acceptors (Lipinski definition) is 10. The van der Waals surface area contributed by atoms with Crippen molar-refractivity contribution >= 4 is 0 Å². The van der Waals surface area contributed by atoms with E-state index in [2.05, 4.69) is 161 Å². The maximum Gasteiger partial charge on any atom is 0.0195 e. The Hall–Kier alpha value is -0.400. The Morgan fingerprint density at radius 1 is 0.261 bits per heavy atom. The van der Waals surface area contributed by atoms with Gasteiger partial charge in [0.2, 0.25) is 0 Å². The van der Waals surface area contributed by atoms with Crippen molar-refractivity contribution in [3.05, 3.63) is 0 Å². The van der Waals surface area contributed by atoms with Gasteiger partial charge < -0.3 is 39.2 Å². The third-order valence-electron chi connectivity index (χ3n) is 11.1. The average molecular weight is 655 g/mol. The molecule has 276 valence electrons. The van der Waals surface area contributed by atoms with E-state index in [1.165, 1.54) is 91.6 Å². The van der Waals surface area contributed by atoms with E-state index in [4.69, 9.17) is 0 Å². The number of likely N-dealkylation sites (N-methyl/N-ethyl adjacent to an activating group) is 10. The Labute approximate surface area is 288 Å². The van der Waals surface area contributed by atoms with Gasteiger partial charge in [0, 0.05) is 128 Å². The zero-order chi connectivity index (χ0) is 35.1. The van der Waals surface area contributed by atoms with Crippen molar-refractivity contribution in [2.24, 2.45) is 0 Å². The number of rotatable bonds is 0. The maximum absolute atomic E-state index is 2.44. The van der Waals surface area contributed by atoms with Crippen molar-refractivity contribution in [3.63, 3.8) is 0 Å². The minimum Gasteiger partial charge on any atom is -0.304 e. The number of hydrogen-bond donors (Lipinski definition) is 0. The van der Waals surface area contributed by atoms with Crippen LogP contribution in [0.5, 0.6) is 0 Å². The molecule has 0 aromatic rings. The average Bonchev–Trinajstić information content (AvgIpc) is 2.97. The van der Waals surface area contributed by atoms with Crippen molar-refractivity contribution in [1.29, 1.82) is 0 Å². The molecule has 0 spiro atoms. The van der Waals surface area contributed by atoms with Crippen LogP contribution >= 0.6 is 0 Å². The van der Waals surface area contributed by atoms with Crippen LogP contribution in [-0.4, -0.2) is 247 Å². The molecule has 0 radical (unpaired) electrons. The van der Waals surface area contributed by atoms with Gasteiger partial charge in [0.15, 0.2) is 0 Å². The Kier molecular flexibility index (Phi) is 21.2. The summed E-state index contributed by atoms with van der Waals surface area (Å²) in [5.74, 6) is 0. The van der Waals surface area contributed by atoms with Crippen molar-refractivity contribution in [2.45, 2.75) is 77.8 Å². The van der Waals surface area contributed by atoms with Crippen LogP contribution in [0.25, 0.3) is 0 Å². The Morgan fingerprint density at radius 3 is 0.696 bits per heavy atom. The summed E-state index contributed by atoms with van der Waals surface area (Å²) >= 11 is 0. The molecule has 5 fully saturated rings. The standard InChI is InChI=1S/2C8H18N2.2C7H16N2.C6H14N2/c2*1-7-5-9(3)6-8(2)10(7)4;2*1-7-6-8(2)4-5-9(7)3;1-7-3-5-8(2)6-4-7/h2*7-8H,5-6H2,1-4H3;2*7H,4-6H2,1-3H3;3-6H2,1-2H3/t2*7-,8+;2*7-;/m..10./s1. The highest BCUT2D eigenvalue weighted by molar-refractivity contribution is 4.81. The molecule has 10 nitrogen and oxygen atoms in total. The first-order valence-electron chi connectivity index (χ1n) is 18.4. The fraction of sp³-hybridized carbons (Fsp3) is 1.00. The minimum atomic E-state index is 0.716. The summed E-state index contributed by atoms with van der Waals surface area (Å²) in [6.45, 7) is 30.8. The summed E-state index contributed by atoms with van der Waals surface area (Å²) in [5, 5.41) is 0. The quantitative estimate of drug-likeness (QED) is 0.385. The highest BCUT2D eigenvalue weighted by Crippen LogP contribution is 2.11. The zero-order valence-corrected chi connectivity index (χ0v) is 33.8. The third-order valence-corrected chi connectivity index (χ3v) is 11.1. The van der Waals surface area contributed by atoms with Gasteiger partial charge in [0.05, 0.1) is 0 Å². The van der Waals surface area contributed by atoms with Crippen LogP contribution in [-0.2, 0) is 0 Å². The lowest BCUT2D eigenvalue weighted by Gasteiger charge is -2.40. The van der Waals surface area contributed by atoms with Crippen molar-refractivity contribution in [3.8, 4) is 0 Å². The largest absolute Gasteiger partial charge is 0.304 e. The molecule has 10 heteroatoms. The van der Waals surface area contributed by atoms with Crippen LogP contribution in [0.1, 0.15) is 41.5 Å². The highest BCUT2D eigenvalue weighted by Gasteiger charge is 2.24. The lowest BCUT2D eigenvalue weighted by molar-refractivity contribution is 0.0761. The van der Waals surface area contributed by atoms with Crippen LogP contribution in [0.15, 0.2) is 0 Å². The Balaban J connectivity index is 0.000000288. The van der Waals surface area contributed by atoms with E-state index in [-0.39, 0.29) is 0 Å². The molecule has 5 aliphatic heterocycles. The summed E-state index contributed by atoms with van der Waals surface area (Å²) < 4.78 is 0. The van der Waals surface area contributed by atoms with E-state index in [0.717, 1.165) is 12.1 Å². The maximum atomic E-state index is 2.44. The molecule has 6 atom stereocenters. The topological polar surface area (TPSA) is 32.4 Å². The Morgan fingerprint density at radius 2 is 0.478 bits per heavy atom. The van der Waals surface area contributed by atoms with Crippen LogP contribution in [0.4, 0.5) is 0 Å². The SMILES string of the molecule is CN1CCN(C)CC1.C[C@@H]1CN(C)CCN1C.C[C@@H]1CN(C)C[C@H](C)N1C.C[C@@H]1CN(C)C[C@H](C)N1C.C[C@H]1CN(C)CCN1C. The monoisotopic (exact) mass is 655 g/mol. The molecule has 5 rings (SSSR count). The molecule has 46 heavy (non-hydrogen) atoms. The molecular formula is C36H82N10. The molecule has 5 saturated heterocycles. The second-order valence-corrected chi connectivity index (χ2v) is 16.0. The molecule has 0 N–H and O–H groups in total. The molecule has 5 heterocycles. The lowest BCUT2D eigenvalue weighted by atomic mass is 10.1. The lowest BCUT2D eigenvalue weighted by Crippen LogP contribution is -2.53. The van der Waals surface area contributed by atoms with E-state index < -0.39 is 0 Å². The second-order valence-electron chi connectivity index (χ2n) is 16.0. The van der Waals surface area contributed by atoms with E-state index in [1.807, 2.05) is 0 Å². The molecule has 0 unspecified atom stereocenters. The second kappa shape index (κ2) is 22.3. The van der Waals surface area contributed by atoms with Gasteiger partial charge in [-0.2, -0.15) is 0 Å². The molecule has 0 aliphatic carbocycles. The van der Waals surface area contributed by atoms with E-state index >= 15 is 0 Å². The van der Waals surface area contributed by atoms with Gasteiger partial charge >= 0.3 is 0 Å². The predicted octanol–water partition coefficient (Wildman–Crippen LogP) is 1.65. The molecule has 0 aromatic heterocycles. The van der Waals surface area contributed by atoms with E-state index in [9.17, 15) is 0 Å². The van der Waals surface area contributed by atoms with Gasteiger partial charge in [-0.1, -0.05) is 0 Å². The van der Waals surface area contributed by atoms with Gasteiger partial charge in [-0.05, 0) is 112 Å². The predicted molar refractivity (Wildman–Crippen MR) is 203 cm³/mol. The summed E-state index contributed by atoms with van der Waals surface area (Å²) in [7, 11) is 21.9. The van der Waals surface area contributed by atoms with Crippen molar-refractivity contribution in [2.75, 3.05) is 162 Å². The number of nitrogens with zero attached hydrogens (tertiary/aromatic N) is 10. The van der Waals surface area contributed by atoms with Gasteiger partial charge in [0.25, 0.3) is 0 Å². The molecular weight excluding hydrogens is 572 g/mol. The summed E-state index contributed by atoms with van der Waals surface area (Å²) in [4.78, 5) is 24.0. The first-order chi connectivity index (χ1) is 21.4. The summed E-state index contributed by atoms with van der Waals surface area (Å²) in [5.41, 5.74) is 0. The molecule has 0 bridgehead atoms. The minimum absolute atomic E-state index is 0.716. The van der Waals surface area contributed by atoms with Gasteiger partial charge in [0.1, 0.15) is 0 Å². The van der Waals surface area contributed by atoms with E-state index in [1.54, 1.807) is 0 Å². The first kappa shape index (κ1) is 43.6. The number of piperazine rings is 5. The van der Waals surface area contributed by atoms with Crippen LogP contribution in [0, 0.1) is 0 Å². The molecule has 0 aromatic carbocycles. The van der Waals surface area contributed by atoms with Crippen LogP contribution in [0.3, 0.4) is 0 Å². The first-order valence-corrected chi connectivity index (χ1v) is 18.4. The summed E-state index contributed by atoms with van der Waals surface area (Å²) in [6, 6.07) is 4.34. The van der Waals surface area contributed by atoms with Gasteiger partial charge in [-0.15, -0.1) is 0 Å². The van der Waals surface area contributed by atoms with Gasteiger partial charge in [-0.3, -0.25) is 9.80 Å². The fourth-order valence-corrected chi connectivity index (χ4v) is 6.70. The summed E-state index contributed by atoms with van der Waals surface area (Å²) in [6.07, 6.45) is 0. The zero-order valence-electron chi connectivity index (χ0n) is 33.8. The van der Waals surface area contributed by atoms with E-state index in [0.29, 0.717) is 24.2 Å². The van der Waals surface area contributed by atoms with Crippen molar-refractivity contribution in [1.82, 2.24) is 49.0 Å². The molecule has 0 amide bonds. The van der Waals surface area contributed by atoms with Crippen molar-refractivity contribution < 1.29 is 0 Å².